The van der Waals surface area contributed by atoms with Gasteiger partial charge in [-0.15, -0.1) is 12.8 Å². The van der Waals surface area contributed by atoms with Gasteiger partial charge in [-0.3, -0.25) is 0 Å². The van der Waals surface area contributed by atoms with Crippen molar-refractivity contribution in [2.24, 2.45) is 0 Å². The fourth-order valence-corrected chi connectivity index (χ4v) is 3.58. The number of terminal acetylenes is 1. The lowest BCUT2D eigenvalue weighted by Gasteiger charge is -2.02. The van der Waals surface area contributed by atoms with E-state index in [1.807, 2.05) is 6.20 Å². The molecule has 0 fully saturated rings. The first-order valence-electron chi connectivity index (χ1n) is 12.2. The van der Waals surface area contributed by atoms with Gasteiger partial charge in [0, 0.05) is 11.8 Å². The molecule has 1 heteroatoms. The van der Waals surface area contributed by atoms with Gasteiger partial charge in [-0.2, -0.15) is 0 Å². The van der Waals surface area contributed by atoms with Crippen LogP contribution in [0.2, 0.25) is 0 Å². The highest BCUT2D eigenvalue weighted by atomic mass is 14.7. The normalized spacial score (nSPS) is 9.94. The Balaban J connectivity index is 0.00000233. The Morgan fingerprint density at radius 3 is 1.68 bits per heavy atom. The largest absolute Gasteiger partial charge is 0.248 e. The molecular weight excluding hydrogens is 374 g/mol. The fraction of sp³-hybridized carbons (Fsp3) is 0.500. The summed E-state index contributed by atoms with van der Waals surface area (Å²) in [7, 11) is 0. The number of unbranched alkanes of at least 4 members (excludes halogenated alkanes) is 9. The first-order valence-corrected chi connectivity index (χ1v) is 12.2. The minimum absolute atomic E-state index is 0.858. The number of benzene rings is 1. The molecule has 1 aromatic heterocycles. The third kappa shape index (κ3) is 12.7. The molecule has 0 spiro atoms. The van der Waals surface area contributed by atoms with E-state index in [1.165, 1.54) is 88.2 Å². The summed E-state index contributed by atoms with van der Waals surface area (Å²) in [6.45, 7) is 4.53. The Morgan fingerprint density at radius 2 is 1.13 bits per heavy atom. The number of hydrogen-bond donors (Lipinski definition) is 0. The van der Waals surface area contributed by atoms with Crippen LogP contribution in [0.5, 0.6) is 0 Å². The zero-order valence-electron chi connectivity index (χ0n) is 19.8. The summed E-state index contributed by atoms with van der Waals surface area (Å²) in [5, 5.41) is 0. The van der Waals surface area contributed by atoms with Crippen LogP contribution in [-0.4, -0.2) is 4.98 Å². The number of hydrogen-bond acceptors (Lipinski definition) is 1. The molecular formula is C30H41N. The third-order valence-electron chi connectivity index (χ3n) is 5.50. The van der Waals surface area contributed by atoms with Gasteiger partial charge < -0.3 is 0 Å². The van der Waals surface area contributed by atoms with Gasteiger partial charge in [-0.25, -0.2) is 4.98 Å². The molecule has 1 nitrogen and oxygen atoms in total. The van der Waals surface area contributed by atoms with Crippen LogP contribution in [0.3, 0.4) is 0 Å². The number of aromatic nitrogens is 1. The molecule has 2 rings (SSSR count). The van der Waals surface area contributed by atoms with Crippen molar-refractivity contribution in [2.45, 2.75) is 97.3 Å². The van der Waals surface area contributed by atoms with Gasteiger partial charge >= 0.3 is 0 Å². The molecule has 0 saturated heterocycles. The van der Waals surface area contributed by atoms with Crippen LogP contribution < -0.4 is 0 Å². The fourth-order valence-electron chi connectivity index (χ4n) is 3.58. The third-order valence-corrected chi connectivity index (χ3v) is 5.50. The Bertz CT molecular complexity index is 756. The highest BCUT2D eigenvalue weighted by Crippen LogP contribution is 2.11. The minimum Gasteiger partial charge on any atom is -0.248 e. The SMILES string of the molecule is C#C.CCCCCCCCc1ccc(C#Cc2ccc(CCCCCCC)cc2)nc1. The van der Waals surface area contributed by atoms with Crippen molar-refractivity contribution in [3.05, 3.63) is 65.0 Å². The lowest BCUT2D eigenvalue weighted by atomic mass is 10.0. The van der Waals surface area contributed by atoms with E-state index < -0.39 is 0 Å². The zero-order chi connectivity index (χ0) is 22.6. The summed E-state index contributed by atoms with van der Waals surface area (Å²) in [5.74, 6) is 6.45. The smallest absolute Gasteiger partial charge is 0.113 e. The van der Waals surface area contributed by atoms with Gasteiger partial charge in [0.05, 0.1) is 0 Å². The number of rotatable bonds is 13. The lowest BCUT2D eigenvalue weighted by molar-refractivity contribution is 0.607. The Hall–Kier alpha value is -2.51. The van der Waals surface area contributed by atoms with Gasteiger partial charge in [0.15, 0.2) is 0 Å². The van der Waals surface area contributed by atoms with Crippen LogP contribution in [0.4, 0.5) is 0 Å². The maximum Gasteiger partial charge on any atom is 0.113 e. The minimum atomic E-state index is 0.858. The van der Waals surface area contributed by atoms with Crippen molar-refractivity contribution in [2.75, 3.05) is 0 Å². The molecule has 31 heavy (non-hydrogen) atoms. The average molecular weight is 416 g/mol. The quantitative estimate of drug-likeness (QED) is 0.237. The molecule has 0 aliphatic carbocycles. The van der Waals surface area contributed by atoms with Gasteiger partial charge in [0.25, 0.3) is 0 Å². The Labute approximate surface area is 192 Å². The lowest BCUT2D eigenvalue weighted by Crippen LogP contribution is -1.90. The zero-order valence-corrected chi connectivity index (χ0v) is 19.8. The Kier molecular flexibility index (Phi) is 15.6. The van der Waals surface area contributed by atoms with Crippen molar-refractivity contribution in [3.63, 3.8) is 0 Å². The highest BCUT2D eigenvalue weighted by molar-refractivity contribution is 5.41. The van der Waals surface area contributed by atoms with E-state index >= 15 is 0 Å². The Morgan fingerprint density at radius 1 is 0.613 bits per heavy atom. The van der Waals surface area contributed by atoms with E-state index in [9.17, 15) is 0 Å². The maximum absolute atomic E-state index is 4.53. The second-order valence-electron chi connectivity index (χ2n) is 8.18. The van der Waals surface area contributed by atoms with Crippen LogP contribution in [-0.2, 0) is 12.8 Å². The molecule has 1 heterocycles. The van der Waals surface area contributed by atoms with E-state index in [-0.39, 0.29) is 0 Å². The second-order valence-corrected chi connectivity index (χ2v) is 8.18. The topological polar surface area (TPSA) is 12.9 Å². The molecule has 0 aliphatic heterocycles. The number of nitrogens with zero attached hydrogens (tertiary/aromatic N) is 1. The molecule has 1 aromatic carbocycles. The molecule has 0 radical (unpaired) electrons. The molecule has 0 atom stereocenters. The summed E-state index contributed by atoms with van der Waals surface area (Å²) in [5.41, 5.74) is 4.67. The summed E-state index contributed by atoms with van der Waals surface area (Å²) >= 11 is 0. The molecule has 2 aromatic rings. The van der Waals surface area contributed by atoms with E-state index in [1.54, 1.807) is 0 Å². The molecule has 0 aliphatic rings. The molecule has 0 bridgehead atoms. The summed E-state index contributed by atoms with van der Waals surface area (Å²) in [6, 6.07) is 13.0. The van der Waals surface area contributed by atoms with E-state index in [0.29, 0.717) is 0 Å². The predicted octanol–water partition coefficient (Wildman–Crippen LogP) is 8.15. The van der Waals surface area contributed by atoms with Crippen molar-refractivity contribution >= 4 is 0 Å². The van der Waals surface area contributed by atoms with Gasteiger partial charge in [0.1, 0.15) is 5.69 Å². The van der Waals surface area contributed by atoms with Crippen molar-refractivity contribution in [1.82, 2.24) is 4.98 Å². The first-order chi connectivity index (χ1) is 15.3. The summed E-state index contributed by atoms with van der Waals surface area (Å²) in [6.07, 6.45) is 27.0. The van der Waals surface area contributed by atoms with E-state index in [2.05, 4.69) is 79.9 Å². The molecule has 0 amide bonds. The van der Waals surface area contributed by atoms with E-state index in [0.717, 1.165) is 17.7 Å². The molecule has 0 saturated carbocycles. The van der Waals surface area contributed by atoms with Gasteiger partial charge in [-0.1, -0.05) is 95.8 Å². The highest BCUT2D eigenvalue weighted by Gasteiger charge is 1.97. The van der Waals surface area contributed by atoms with Crippen molar-refractivity contribution in [3.8, 4) is 24.7 Å². The van der Waals surface area contributed by atoms with Crippen LogP contribution in [0.15, 0.2) is 42.6 Å². The first kappa shape index (κ1) is 26.5. The van der Waals surface area contributed by atoms with Crippen LogP contribution in [0.1, 0.15) is 107 Å². The standard InChI is InChI=1S/C28H39N.C2H2/c1-3-5-7-9-11-13-15-27-21-23-28(29-24-27)22-20-26-18-16-25(17-19-26)14-12-10-8-6-4-2;1-2/h16-19,21,23-24H,3-15H2,1-2H3;1-2H. The number of aryl methyl sites for hydroxylation is 2. The van der Waals surface area contributed by atoms with Crippen LogP contribution in [0, 0.1) is 24.7 Å². The van der Waals surface area contributed by atoms with Crippen LogP contribution >= 0.6 is 0 Å². The average Bonchev–Trinajstić information content (AvgIpc) is 2.83. The summed E-state index contributed by atoms with van der Waals surface area (Å²) < 4.78 is 0. The second kappa shape index (κ2) is 18.3. The van der Waals surface area contributed by atoms with Crippen molar-refractivity contribution < 1.29 is 0 Å². The molecule has 0 N–H and O–H groups in total. The maximum atomic E-state index is 4.53. The molecule has 0 unspecified atom stereocenters. The van der Waals surface area contributed by atoms with Gasteiger partial charge in [-0.05, 0) is 60.9 Å². The summed E-state index contributed by atoms with van der Waals surface area (Å²) in [4.78, 5) is 4.53. The molecule has 166 valence electrons. The van der Waals surface area contributed by atoms with Gasteiger partial charge in [0.2, 0.25) is 0 Å². The van der Waals surface area contributed by atoms with Crippen LogP contribution in [0.25, 0.3) is 0 Å². The van der Waals surface area contributed by atoms with E-state index in [4.69, 9.17) is 0 Å². The monoisotopic (exact) mass is 415 g/mol. The predicted molar refractivity (Wildman–Crippen MR) is 136 cm³/mol. The van der Waals surface area contributed by atoms with Crippen molar-refractivity contribution in [1.29, 1.82) is 0 Å². The number of pyridine rings is 1.